The van der Waals surface area contributed by atoms with Crippen LogP contribution in [0.25, 0.3) is 10.6 Å². The molecule has 1 aliphatic heterocycles. The van der Waals surface area contributed by atoms with Crippen molar-refractivity contribution < 1.29 is 9.59 Å². The van der Waals surface area contributed by atoms with Gasteiger partial charge in [0.25, 0.3) is 0 Å². The molecule has 2 heterocycles. The standard InChI is InChI=1S/C20H22BrN3O2S/c21-16-6-2-5-15(11-16)19-22-17(13-27-19)12-18(25)23-7-9-24(10-8-23)20(26)14-3-1-4-14/h2,5-6,11,13-14H,1,3-4,7-10,12H2. The van der Waals surface area contributed by atoms with E-state index in [0.717, 1.165) is 33.6 Å². The van der Waals surface area contributed by atoms with E-state index in [9.17, 15) is 9.59 Å². The van der Waals surface area contributed by atoms with Gasteiger partial charge in [0.1, 0.15) is 5.01 Å². The Balaban J connectivity index is 1.31. The van der Waals surface area contributed by atoms with Gasteiger partial charge in [-0.05, 0) is 25.0 Å². The Kier molecular flexibility index (Phi) is 5.59. The molecule has 2 aromatic rings. The second kappa shape index (κ2) is 8.10. The predicted molar refractivity (Wildman–Crippen MR) is 109 cm³/mol. The van der Waals surface area contributed by atoms with E-state index >= 15 is 0 Å². The lowest BCUT2D eigenvalue weighted by molar-refractivity contribution is -0.143. The van der Waals surface area contributed by atoms with Crippen molar-refractivity contribution >= 4 is 39.1 Å². The van der Waals surface area contributed by atoms with E-state index in [1.165, 1.54) is 6.42 Å². The normalized spacial score (nSPS) is 17.7. The molecule has 1 aromatic carbocycles. The summed E-state index contributed by atoms with van der Waals surface area (Å²) in [7, 11) is 0. The monoisotopic (exact) mass is 447 g/mol. The molecular weight excluding hydrogens is 426 g/mol. The fourth-order valence-electron chi connectivity index (χ4n) is 3.50. The summed E-state index contributed by atoms with van der Waals surface area (Å²) < 4.78 is 1.02. The summed E-state index contributed by atoms with van der Waals surface area (Å²) in [5.41, 5.74) is 1.86. The molecule has 142 valence electrons. The van der Waals surface area contributed by atoms with Crippen molar-refractivity contribution in [3.8, 4) is 10.6 Å². The fourth-order valence-corrected chi connectivity index (χ4v) is 4.71. The molecule has 5 nitrogen and oxygen atoms in total. The molecule has 4 rings (SSSR count). The number of hydrogen-bond donors (Lipinski definition) is 0. The molecule has 0 bridgehead atoms. The number of carbonyl (C=O) groups excluding carboxylic acids is 2. The molecule has 2 amide bonds. The number of nitrogens with zero attached hydrogens (tertiary/aromatic N) is 3. The second-order valence-corrected chi connectivity index (χ2v) is 8.94. The highest BCUT2D eigenvalue weighted by atomic mass is 79.9. The maximum absolute atomic E-state index is 12.6. The number of benzene rings is 1. The van der Waals surface area contributed by atoms with Crippen molar-refractivity contribution in [1.29, 1.82) is 0 Å². The third-order valence-corrected chi connectivity index (χ3v) is 6.79. The number of carbonyl (C=O) groups is 2. The minimum Gasteiger partial charge on any atom is -0.339 e. The Bertz CT molecular complexity index is 841. The maximum Gasteiger partial charge on any atom is 0.228 e. The van der Waals surface area contributed by atoms with E-state index in [1.807, 2.05) is 39.4 Å². The smallest absolute Gasteiger partial charge is 0.228 e. The molecule has 0 radical (unpaired) electrons. The van der Waals surface area contributed by atoms with Gasteiger partial charge < -0.3 is 9.80 Å². The third kappa shape index (κ3) is 4.24. The largest absolute Gasteiger partial charge is 0.339 e. The average molecular weight is 448 g/mol. The van der Waals surface area contributed by atoms with Gasteiger partial charge in [-0.3, -0.25) is 9.59 Å². The highest BCUT2D eigenvalue weighted by Crippen LogP contribution is 2.29. The number of aromatic nitrogens is 1. The first-order chi connectivity index (χ1) is 13.1. The molecule has 2 aliphatic rings. The molecule has 0 unspecified atom stereocenters. The Morgan fingerprint density at radius 1 is 1.15 bits per heavy atom. The first-order valence-corrected chi connectivity index (χ1v) is 11.0. The first kappa shape index (κ1) is 18.6. The van der Waals surface area contributed by atoms with Crippen LogP contribution in [0.2, 0.25) is 0 Å². The Hall–Kier alpha value is -1.73. The molecule has 1 aliphatic carbocycles. The van der Waals surface area contributed by atoms with E-state index < -0.39 is 0 Å². The first-order valence-electron chi connectivity index (χ1n) is 9.37. The van der Waals surface area contributed by atoms with Crippen LogP contribution in [0.15, 0.2) is 34.1 Å². The molecule has 0 N–H and O–H groups in total. The summed E-state index contributed by atoms with van der Waals surface area (Å²) >= 11 is 5.04. The molecule has 2 fully saturated rings. The number of amides is 2. The molecule has 0 atom stereocenters. The van der Waals surface area contributed by atoms with E-state index in [-0.39, 0.29) is 17.7 Å². The third-order valence-electron chi connectivity index (χ3n) is 5.35. The van der Waals surface area contributed by atoms with Crippen LogP contribution in [-0.2, 0) is 16.0 Å². The van der Waals surface area contributed by atoms with Crippen LogP contribution in [0.1, 0.15) is 25.0 Å². The lowest BCUT2D eigenvalue weighted by Crippen LogP contribution is -2.52. The second-order valence-electron chi connectivity index (χ2n) is 7.17. The summed E-state index contributed by atoms with van der Waals surface area (Å²) in [6.07, 6.45) is 3.55. The number of halogens is 1. The van der Waals surface area contributed by atoms with Gasteiger partial charge in [-0.25, -0.2) is 4.98 Å². The van der Waals surface area contributed by atoms with Crippen LogP contribution in [0, 0.1) is 5.92 Å². The van der Waals surface area contributed by atoms with Crippen LogP contribution in [0.4, 0.5) is 0 Å². The Morgan fingerprint density at radius 3 is 2.56 bits per heavy atom. The van der Waals surface area contributed by atoms with Crippen molar-refractivity contribution in [1.82, 2.24) is 14.8 Å². The topological polar surface area (TPSA) is 53.5 Å². The quantitative estimate of drug-likeness (QED) is 0.719. The average Bonchev–Trinajstić information content (AvgIpc) is 3.09. The number of thiazole rings is 1. The number of rotatable bonds is 4. The summed E-state index contributed by atoms with van der Waals surface area (Å²) in [5, 5.41) is 2.89. The summed E-state index contributed by atoms with van der Waals surface area (Å²) in [6.45, 7) is 2.56. The SMILES string of the molecule is O=C(Cc1csc(-c2cccc(Br)c2)n1)N1CCN(C(=O)C2CCC2)CC1. The van der Waals surface area contributed by atoms with Gasteiger partial charge in [-0.15, -0.1) is 11.3 Å². The van der Waals surface area contributed by atoms with Crippen molar-refractivity contribution in [3.05, 3.63) is 39.8 Å². The van der Waals surface area contributed by atoms with Gasteiger partial charge in [-0.1, -0.05) is 34.5 Å². The zero-order valence-electron chi connectivity index (χ0n) is 15.1. The van der Waals surface area contributed by atoms with Gasteiger partial charge in [0.2, 0.25) is 11.8 Å². The van der Waals surface area contributed by atoms with Crippen molar-refractivity contribution in [2.24, 2.45) is 5.92 Å². The Labute approximate surface area is 171 Å². The highest BCUT2D eigenvalue weighted by Gasteiger charge is 2.32. The summed E-state index contributed by atoms with van der Waals surface area (Å²) in [6, 6.07) is 8.02. The lowest BCUT2D eigenvalue weighted by Gasteiger charge is -2.38. The van der Waals surface area contributed by atoms with Crippen molar-refractivity contribution in [2.45, 2.75) is 25.7 Å². The van der Waals surface area contributed by atoms with E-state index in [4.69, 9.17) is 0 Å². The lowest BCUT2D eigenvalue weighted by atomic mass is 9.84. The highest BCUT2D eigenvalue weighted by molar-refractivity contribution is 9.10. The van der Waals surface area contributed by atoms with Crippen LogP contribution >= 0.6 is 27.3 Å². The molecule has 0 spiro atoms. The zero-order chi connectivity index (χ0) is 18.8. The molecule has 1 aromatic heterocycles. The summed E-state index contributed by atoms with van der Waals surface area (Å²) in [5.74, 6) is 0.613. The fraction of sp³-hybridized carbons (Fsp3) is 0.450. The molecular formula is C20H22BrN3O2S. The van der Waals surface area contributed by atoms with Gasteiger partial charge in [0, 0.05) is 47.5 Å². The van der Waals surface area contributed by atoms with Crippen LogP contribution in [0.3, 0.4) is 0 Å². The minimum atomic E-state index is 0.0943. The van der Waals surface area contributed by atoms with Crippen LogP contribution in [0.5, 0.6) is 0 Å². The molecule has 27 heavy (non-hydrogen) atoms. The van der Waals surface area contributed by atoms with Gasteiger partial charge >= 0.3 is 0 Å². The van der Waals surface area contributed by atoms with Gasteiger partial charge in [0.15, 0.2) is 0 Å². The minimum absolute atomic E-state index is 0.0943. The molecule has 7 heteroatoms. The summed E-state index contributed by atoms with van der Waals surface area (Å²) in [4.78, 5) is 33.4. The number of hydrogen-bond acceptors (Lipinski definition) is 4. The predicted octanol–water partition coefficient (Wildman–Crippen LogP) is 3.59. The maximum atomic E-state index is 12.6. The van der Waals surface area contributed by atoms with Crippen molar-refractivity contribution in [2.75, 3.05) is 26.2 Å². The van der Waals surface area contributed by atoms with Crippen LogP contribution in [-0.4, -0.2) is 52.8 Å². The van der Waals surface area contributed by atoms with E-state index in [2.05, 4.69) is 20.9 Å². The number of piperazine rings is 1. The van der Waals surface area contributed by atoms with Crippen LogP contribution < -0.4 is 0 Å². The Morgan fingerprint density at radius 2 is 1.89 bits per heavy atom. The van der Waals surface area contributed by atoms with Gasteiger partial charge in [-0.2, -0.15) is 0 Å². The van der Waals surface area contributed by atoms with E-state index in [0.29, 0.717) is 32.6 Å². The van der Waals surface area contributed by atoms with Crippen molar-refractivity contribution in [3.63, 3.8) is 0 Å². The molecule has 1 saturated heterocycles. The zero-order valence-corrected chi connectivity index (χ0v) is 17.5. The molecule has 1 saturated carbocycles. The van der Waals surface area contributed by atoms with E-state index in [1.54, 1.807) is 11.3 Å². The van der Waals surface area contributed by atoms with Gasteiger partial charge in [0.05, 0.1) is 12.1 Å².